The van der Waals surface area contributed by atoms with E-state index in [4.69, 9.17) is 0 Å². The first-order valence-corrected chi connectivity index (χ1v) is 6.12. The quantitative estimate of drug-likeness (QED) is 0.749. The average molecular weight is 269 g/mol. The molecule has 0 aliphatic heterocycles. The van der Waals surface area contributed by atoms with E-state index in [0.717, 1.165) is 11.1 Å². The number of phenolic OH excluding ortho intramolecular Hbond substituents is 2. The Bertz CT molecular complexity index is 645. The number of carbonyl (C=O) groups is 1. The van der Waals surface area contributed by atoms with Gasteiger partial charge in [-0.25, -0.2) is 0 Å². The molecule has 0 saturated heterocycles. The third kappa shape index (κ3) is 3.62. The molecule has 0 spiro atoms. The number of benzene rings is 2. The number of hydrogen-bond acceptors (Lipinski definition) is 3. The molecule has 20 heavy (non-hydrogen) atoms. The standard InChI is InChI=1S/C16H15NO3/c1-11(18)17-16-10-15(20)9-6-13(16)5-2-12-3-7-14(19)8-4-12/h2-10,19-20H,1H3,(H,17,18). The zero-order chi connectivity index (χ0) is 14.5. The normalized spacial score (nSPS) is 10.7. The molecular formula is C16H15NO3. The van der Waals surface area contributed by atoms with Gasteiger partial charge in [0.1, 0.15) is 11.5 Å². The molecule has 1 amide bonds. The molecule has 0 heterocycles. The van der Waals surface area contributed by atoms with E-state index < -0.39 is 0 Å². The zero-order valence-corrected chi connectivity index (χ0v) is 11.0. The molecule has 102 valence electrons. The maximum absolute atomic E-state index is 11.1. The molecule has 0 fully saturated rings. The number of rotatable bonds is 3. The topological polar surface area (TPSA) is 69.6 Å². The van der Waals surface area contributed by atoms with E-state index in [1.165, 1.54) is 13.0 Å². The Hall–Kier alpha value is -2.75. The van der Waals surface area contributed by atoms with Gasteiger partial charge in [-0.1, -0.05) is 24.3 Å². The summed E-state index contributed by atoms with van der Waals surface area (Å²) in [5, 5.41) is 21.3. The lowest BCUT2D eigenvalue weighted by atomic mass is 10.1. The fourth-order valence-corrected chi connectivity index (χ4v) is 1.76. The van der Waals surface area contributed by atoms with Crippen LogP contribution >= 0.6 is 0 Å². The third-order valence-electron chi connectivity index (χ3n) is 2.70. The number of amides is 1. The maximum Gasteiger partial charge on any atom is 0.221 e. The van der Waals surface area contributed by atoms with Crippen molar-refractivity contribution in [3.05, 3.63) is 53.6 Å². The van der Waals surface area contributed by atoms with Crippen LogP contribution in [0.3, 0.4) is 0 Å². The lowest BCUT2D eigenvalue weighted by Crippen LogP contribution is -2.06. The maximum atomic E-state index is 11.1. The number of phenols is 2. The number of carbonyl (C=O) groups excluding carboxylic acids is 1. The summed E-state index contributed by atoms with van der Waals surface area (Å²) >= 11 is 0. The molecule has 0 atom stereocenters. The van der Waals surface area contributed by atoms with Crippen molar-refractivity contribution < 1.29 is 15.0 Å². The van der Waals surface area contributed by atoms with Gasteiger partial charge in [-0.2, -0.15) is 0 Å². The molecule has 2 aromatic carbocycles. The van der Waals surface area contributed by atoms with Gasteiger partial charge in [0.25, 0.3) is 0 Å². The van der Waals surface area contributed by atoms with Crippen LogP contribution in [0.4, 0.5) is 5.69 Å². The number of anilines is 1. The fourth-order valence-electron chi connectivity index (χ4n) is 1.76. The molecular weight excluding hydrogens is 254 g/mol. The summed E-state index contributed by atoms with van der Waals surface area (Å²) in [7, 11) is 0. The monoisotopic (exact) mass is 269 g/mol. The van der Waals surface area contributed by atoms with Gasteiger partial charge in [-0.3, -0.25) is 4.79 Å². The van der Waals surface area contributed by atoms with E-state index in [-0.39, 0.29) is 17.4 Å². The minimum absolute atomic E-state index is 0.0931. The van der Waals surface area contributed by atoms with Crippen molar-refractivity contribution in [1.82, 2.24) is 0 Å². The highest BCUT2D eigenvalue weighted by atomic mass is 16.3. The molecule has 0 saturated carbocycles. The summed E-state index contributed by atoms with van der Waals surface area (Å²) in [6.07, 6.45) is 3.69. The Morgan fingerprint density at radius 1 is 1.00 bits per heavy atom. The van der Waals surface area contributed by atoms with E-state index in [9.17, 15) is 15.0 Å². The van der Waals surface area contributed by atoms with Gasteiger partial charge in [0.15, 0.2) is 0 Å². The molecule has 0 unspecified atom stereocenters. The van der Waals surface area contributed by atoms with Gasteiger partial charge in [0.05, 0.1) is 5.69 Å². The predicted molar refractivity (Wildman–Crippen MR) is 79.4 cm³/mol. The van der Waals surface area contributed by atoms with Crippen LogP contribution in [0.5, 0.6) is 11.5 Å². The van der Waals surface area contributed by atoms with Crippen LogP contribution in [0.25, 0.3) is 12.2 Å². The summed E-state index contributed by atoms with van der Waals surface area (Å²) in [5.74, 6) is 0.108. The second-order valence-electron chi connectivity index (χ2n) is 4.38. The SMILES string of the molecule is CC(=O)Nc1cc(O)ccc1C=Cc1ccc(O)cc1. The number of aromatic hydroxyl groups is 2. The Balaban J connectivity index is 2.28. The summed E-state index contributed by atoms with van der Waals surface area (Å²) in [5.41, 5.74) is 2.25. The third-order valence-corrected chi connectivity index (χ3v) is 2.70. The van der Waals surface area contributed by atoms with Crippen LogP contribution in [-0.4, -0.2) is 16.1 Å². The molecule has 4 heteroatoms. The van der Waals surface area contributed by atoms with Gasteiger partial charge < -0.3 is 15.5 Å². The minimum atomic E-state index is -0.199. The lowest BCUT2D eigenvalue weighted by Gasteiger charge is -2.07. The average Bonchev–Trinajstić information content (AvgIpc) is 2.39. The second kappa shape index (κ2) is 5.93. The molecule has 0 aliphatic carbocycles. The van der Waals surface area contributed by atoms with Crippen LogP contribution in [0.2, 0.25) is 0 Å². The van der Waals surface area contributed by atoms with Crippen molar-refractivity contribution >= 4 is 23.7 Å². The van der Waals surface area contributed by atoms with Crippen LogP contribution in [0.15, 0.2) is 42.5 Å². The van der Waals surface area contributed by atoms with E-state index in [1.54, 1.807) is 36.4 Å². The molecule has 3 N–H and O–H groups in total. The number of hydrogen-bond donors (Lipinski definition) is 3. The van der Waals surface area contributed by atoms with E-state index in [1.807, 2.05) is 12.2 Å². The Morgan fingerprint density at radius 2 is 1.65 bits per heavy atom. The lowest BCUT2D eigenvalue weighted by molar-refractivity contribution is -0.114. The summed E-state index contributed by atoms with van der Waals surface area (Å²) in [6.45, 7) is 1.41. The Labute approximate surface area is 117 Å². The van der Waals surface area contributed by atoms with Crippen LogP contribution in [0.1, 0.15) is 18.1 Å². The van der Waals surface area contributed by atoms with Crippen molar-refractivity contribution in [3.63, 3.8) is 0 Å². The van der Waals surface area contributed by atoms with Crippen molar-refractivity contribution in [2.24, 2.45) is 0 Å². The molecule has 0 aromatic heterocycles. The van der Waals surface area contributed by atoms with Crippen molar-refractivity contribution in [2.45, 2.75) is 6.92 Å². The fraction of sp³-hybridized carbons (Fsp3) is 0.0625. The Kier molecular flexibility index (Phi) is 4.05. The molecule has 2 rings (SSSR count). The first-order chi connectivity index (χ1) is 9.54. The van der Waals surface area contributed by atoms with Gasteiger partial charge in [-0.15, -0.1) is 0 Å². The highest BCUT2D eigenvalue weighted by molar-refractivity contribution is 5.92. The highest BCUT2D eigenvalue weighted by Crippen LogP contribution is 2.24. The van der Waals surface area contributed by atoms with Gasteiger partial charge in [0, 0.05) is 13.0 Å². The summed E-state index contributed by atoms with van der Waals surface area (Å²) in [6, 6.07) is 11.5. The van der Waals surface area contributed by atoms with E-state index in [2.05, 4.69) is 5.32 Å². The first-order valence-electron chi connectivity index (χ1n) is 6.12. The minimum Gasteiger partial charge on any atom is -0.508 e. The summed E-state index contributed by atoms with van der Waals surface area (Å²) in [4.78, 5) is 11.1. The molecule has 0 aliphatic rings. The van der Waals surface area contributed by atoms with Crippen molar-refractivity contribution in [1.29, 1.82) is 0 Å². The van der Waals surface area contributed by atoms with Crippen LogP contribution in [0, 0.1) is 0 Å². The van der Waals surface area contributed by atoms with Gasteiger partial charge >= 0.3 is 0 Å². The summed E-state index contributed by atoms with van der Waals surface area (Å²) < 4.78 is 0. The Morgan fingerprint density at radius 3 is 2.30 bits per heavy atom. The van der Waals surface area contributed by atoms with Crippen molar-refractivity contribution in [2.75, 3.05) is 5.32 Å². The number of nitrogens with one attached hydrogen (secondary N) is 1. The predicted octanol–water partition coefficient (Wildman–Crippen LogP) is 3.23. The zero-order valence-electron chi connectivity index (χ0n) is 11.0. The smallest absolute Gasteiger partial charge is 0.221 e. The molecule has 4 nitrogen and oxygen atoms in total. The first kappa shape index (κ1) is 13.7. The molecule has 0 bridgehead atoms. The van der Waals surface area contributed by atoms with E-state index >= 15 is 0 Å². The molecule has 2 aromatic rings. The van der Waals surface area contributed by atoms with Gasteiger partial charge in [0.2, 0.25) is 5.91 Å². The largest absolute Gasteiger partial charge is 0.508 e. The molecule has 0 radical (unpaired) electrons. The van der Waals surface area contributed by atoms with E-state index in [0.29, 0.717) is 5.69 Å². The van der Waals surface area contributed by atoms with Crippen LogP contribution in [-0.2, 0) is 4.79 Å². The second-order valence-corrected chi connectivity index (χ2v) is 4.38. The van der Waals surface area contributed by atoms with Crippen LogP contribution < -0.4 is 5.32 Å². The van der Waals surface area contributed by atoms with Gasteiger partial charge in [-0.05, 0) is 35.4 Å². The van der Waals surface area contributed by atoms with Crippen molar-refractivity contribution in [3.8, 4) is 11.5 Å². The highest BCUT2D eigenvalue weighted by Gasteiger charge is 2.03.